The smallest absolute Gasteiger partial charge is 0.335 e. The van der Waals surface area contributed by atoms with Crippen molar-refractivity contribution in [2.75, 3.05) is 7.05 Å². The zero-order valence-corrected chi connectivity index (χ0v) is 48.0. The van der Waals surface area contributed by atoms with E-state index in [1.807, 2.05) is 102 Å². The number of hydrogen-bond donors (Lipinski definition) is 8. The molecule has 0 aliphatic heterocycles. The van der Waals surface area contributed by atoms with Gasteiger partial charge in [-0.25, -0.2) is 4.79 Å². The SMILES string of the molecule is CNC(=O)c1ccc(C)c(C(=O)NC2=CCC2)c1.Cc1ccc(C#N)cc1C(=O)NC1=CCC1.Cc1ccc(C(N)=O)cc1C(=O)NC1=CCC1.Cc1ccc(C)c(C(=O)NC2=CCC2)c1.Cc1ccc(C)c(C(=O)O)c1.NC1=CCC1. The molecule has 5 aromatic carbocycles. The topological polar surface area (TPSA) is 276 Å². The largest absolute Gasteiger partial charge is 0.478 e. The first kappa shape index (κ1) is 63.2. The van der Waals surface area contributed by atoms with Gasteiger partial charge >= 0.3 is 5.97 Å². The summed E-state index contributed by atoms with van der Waals surface area (Å²) in [7, 11) is 1.57. The van der Waals surface area contributed by atoms with Crippen LogP contribution in [0.4, 0.5) is 0 Å². The van der Waals surface area contributed by atoms with Crippen LogP contribution in [-0.4, -0.2) is 53.6 Å². The van der Waals surface area contributed by atoms with Crippen molar-refractivity contribution in [3.05, 3.63) is 233 Å². The highest BCUT2D eigenvalue weighted by Gasteiger charge is 2.19. The summed E-state index contributed by atoms with van der Waals surface area (Å²) in [5.41, 5.74) is 26.1. The lowest BCUT2D eigenvalue weighted by molar-refractivity contribution is 0.0694. The number of nitrogens with two attached hydrogens (primary N) is 2. The average Bonchev–Trinajstić information content (AvgIpc) is 3.42. The first-order valence-corrected chi connectivity index (χ1v) is 27.1. The molecule has 10 rings (SSSR count). The van der Waals surface area contributed by atoms with Gasteiger partial charge in [-0.1, -0.05) is 84.0 Å². The molecule has 5 aliphatic rings. The highest BCUT2D eigenvalue weighted by atomic mass is 16.4. The van der Waals surface area contributed by atoms with E-state index in [0.717, 1.165) is 131 Å². The lowest BCUT2D eigenvalue weighted by Crippen LogP contribution is -2.26. The van der Waals surface area contributed by atoms with Gasteiger partial charge in [0, 0.05) is 68.9 Å². The van der Waals surface area contributed by atoms with Crippen molar-refractivity contribution in [1.82, 2.24) is 26.6 Å². The van der Waals surface area contributed by atoms with E-state index in [0.29, 0.717) is 38.9 Å². The number of carboxylic acid groups (broad SMARTS) is 1. The second-order valence-electron chi connectivity index (χ2n) is 20.3. The van der Waals surface area contributed by atoms with Crippen LogP contribution in [-0.2, 0) is 0 Å². The fourth-order valence-electron chi connectivity index (χ4n) is 7.83. The monoisotopic (exact) mass is 1110 g/mol. The van der Waals surface area contributed by atoms with Gasteiger partial charge in [0.1, 0.15) is 0 Å². The van der Waals surface area contributed by atoms with Crippen molar-refractivity contribution in [3.63, 3.8) is 0 Å². The third-order valence-corrected chi connectivity index (χ3v) is 13.8. The fourth-order valence-corrected chi connectivity index (χ4v) is 7.83. The van der Waals surface area contributed by atoms with Crippen molar-refractivity contribution >= 4 is 41.4 Å². The molecule has 426 valence electrons. The quantitative estimate of drug-likeness (QED) is 0.0619. The summed E-state index contributed by atoms with van der Waals surface area (Å²) in [5, 5.41) is 31.4. The van der Waals surface area contributed by atoms with Gasteiger partial charge in [-0.2, -0.15) is 5.26 Å². The van der Waals surface area contributed by atoms with Gasteiger partial charge in [0.05, 0.1) is 17.2 Å². The number of nitrogens with one attached hydrogen (secondary N) is 5. The second-order valence-corrected chi connectivity index (χ2v) is 20.3. The third-order valence-electron chi connectivity index (χ3n) is 13.8. The van der Waals surface area contributed by atoms with Gasteiger partial charge in [-0.3, -0.25) is 28.8 Å². The molecule has 5 aromatic rings. The summed E-state index contributed by atoms with van der Waals surface area (Å²) < 4.78 is 0. The van der Waals surface area contributed by atoms with E-state index < -0.39 is 11.9 Å². The van der Waals surface area contributed by atoms with Gasteiger partial charge in [-0.05, 0) is 189 Å². The molecule has 6 amide bonds. The number of carbonyl (C=O) groups excluding carboxylic acids is 6. The predicted molar refractivity (Wildman–Crippen MR) is 320 cm³/mol. The molecule has 0 radical (unpaired) electrons. The lowest BCUT2D eigenvalue weighted by atomic mass is 10.0. The Hall–Kier alpha value is -9.62. The molecule has 0 aromatic heterocycles. The number of rotatable bonds is 11. The Morgan fingerprint density at radius 1 is 0.439 bits per heavy atom. The van der Waals surface area contributed by atoms with Gasteiger partial charge in [0.15, 0.2) is 0 Å². The number of benzene rings is 5. The van der Waals surface area contributed by atoms with Crippen LogP contribution in [0, 0.1) is 59.8 Å². The van der Waals surface area contributed by atoms with Crippen LogP contribution in [0.3, 0.4) is 0 Å². The summed E-state index contributed by atoms with van der Waals surface area (Å²) in [6.07, 6.45) is 20.3. The Morgan fingerprint density at radius 3 is 1.05 bits per heavy atom. The number of primary amides is 1. The van der Waals surface area contributed by atoms with Crippen LogP contribution >= 0.6 is 0 Å². The normalized spacial score (nSPS) is 13.5. The molecule has 0 fully saturated rings. The molecule has 16 nitrogen and oxygen atoms in total. The third kappa shape index (κ3) is 19.0. The minimum absolute atomic E-state index is 0.0159. The van der Waals surface area contributed by atoms with E-state index in [2.05, 4.69) is 32.7 Å². The number of amides is 6. The fraction of sp³-hybridized carbons (Fsp3) is 0.273. The second kappa shape index (κ2) is 30.7. The summed E-state index contributed by atoms with van der Waals surface area (Å²) >= 11 is 0. The molecule has 0 unspecified atom stereocenters. The summed E-state index contributed by atoms with van der Waals surface area (Å²) in [5.74, 6) is -2.01. The maximum Gasteiger partial charge on any atom is 0.335 e. The molecule has 16 heteroatoms. The van der Waals surface area contributed by atoms with Crippen LogP contribution in [0.5, 0.6) is 0 Å². The Kier molecular flexibility index (Phi) is 23.6. The molecule has 0 spiro atoms. The molecule has 5 aliphatic carbocycles. The van der Waals surface area contributed by atoms with E-state index in [9.17, 15) is 33.6 Å². The molecule has 0 bridgehead atoms. The number of carbonyl (C=O) groups is 7. The van der Waals surface area contributed by atoms with Gasteiger partial charge in [0.25, 0.3) is 29.5 Å². The van der Waals surface area contributed by atoms with E-state index in [4.69, 9.17) is 21.8 Å². The Balaban J connectivity index is 0.000000185. The number of nitrogens with zero attached hydrogens (tertiary/aromatic N) is 1. The molecular weight excluding hydrogens is 1030 g/mol. The van der Waals surface area contributed by atoms with E-state index >= 15 is 0 Å². The van der Waals surface area contributed by atoms with Crippen LogP contribution in [0.15, 0.2) is 150 Å². The van der Waals surface area contributed by atoms with E-state index in [-0.39, 0.29) is 29.5 Å². The molecule has 0 saturated carbocycles. The van der Waals surface area contributed by atoms with Crippen molar-refractivity contribution < 1.29 is 38.7 Å². The summed E-state index contributed by atoms with van der Waals surface area (Å²) in [6.45, 7) is 13.2. The number of allylic oxidation sites excluding steroid dienone is 10. The molecule has 10 N–H and O–H groups in total. The van der Waals surface area contributed by atoms with Crippen LogP contribution in [0.1, 0.15) is 181 Å². The van der Waals surface area contributed by atoms with E-state index in [1.165, 1.54) is 12.5 Å². The van der Waals surface area contributed by atoms with E-state index in [1.54, 1.807) is 68.6 Å². The highest BCUT2D eigenvalue weighted by molar-refractivity contribution is 6.02. The number of nitriles is 1. The lowest BCUT2D eigenvalue weighted by Gasteiger charge is -2.16. The van der Waals surface area contributed by atoms with Gasteiger partial charge in [0.2, 0.25) is 5.91 Å². The number of hydrogen-bond acceptors (Lipinski definition) is 9. The van der Waals surface area contributed by atoms with Crippen molar-refractivity contribution in [1.29, 1.82) is 5.26 Å². The van der Waals surface area contributed by atoms with Crippen molar-refractivity contribution in [3.8, 4) is 6.07 Å². The standard InChI is InChI=1S/C14H16N2O2.C13H14N2O2.C13H12N2O.C13H15NO.C9H10O2.C4H7N/c1-9-6-7-10(13(17)15-2)8-12(9)14(18)16-11-4-3-5-11;1-8-5-6-9(12(14)16)7-11(8)13(17)15-10-3-2-4-10;1-9-5-6-10(8-14)7-12(9)13(16)15-11-3-2-4-11;1-9-6-7-10(2)12(8-9)13(15)14-11-4-3-5-11;1-6-3-4-7(2)8(5-6)9(10)11;5-4-2-1-3-4/h4,6-8H,3,5H2,1-2H3,(H,15,17)(H,16,18);3,5-7H,2,4H2,1H3,(H2,14,16)(H,15,17);3,5-7H,2,4H2,1H3,(H,15,16);4,6-8H,3,5H2,1-2H3,(H,14,15);3-5H,1-2H3,(H,10,11);2H,1,3,5H2. The number of aromatic carboxylic acids is 1. The zero-order valence-electron chi connectivity index (χ0n) is 48.0. The maximum absolute atomic E-state index is 12.0. The van der Waals surface area contributed by atoms with Crippen LogP contribution in [0.25, 0.3) is 0 Å². The Labute approximate surface area is 480 Å². The molecule has 0 saturated heterocycles. The Morgan fingerprint density at radius 2 is 0.744 bits per heavy atom. The van der Waals surface area contributed by atoms with Gasteiger partial charge < -0.3 is 43.2 Å². The van der Waals surface area contributed by atoms with Crippen LogP contribution in [0.2, 0.25) is 0 Å². The summed E-state index contributed by atoms with van der Waals surface area (Å²) in [6, 6.07) is 28.5. The Bertz CT molecular complexity index is 3470. The van der Waals surface area contributed by atoms with Crippen molar-refractivity contribution in [2.24, 2.45) is 11.5 Å². The molecule has 82 heavy (non-hydrogen) atoms. The minimum atomic E-state index is -0.855. The first-order valence-electron chi connectivity index (χ1n) is 27.1. The molecular formula is C66H74N8O8. The zero-order chi connectivity index (χ0) is 60.0. The maximum atomic E-state index is 12.0. The average molecular weight is 1110 g/mol. The predicted octanol–water partition coefficient (Wildman–Crippen LogP) is 10.9. The van der Waals surface area contributed by atoms with Crippen molar-refractivity contribution in [2.45, 2.75) is 113 Å². The molecule has 0 atom stereocenters. The minimum Gasteiger partial charge on any atom is -0.478 e. The highest BCUT2D eigenvalue weighted by Crippen LogP contribution is 2.21. The van der Waals surface area contributed by atoms with Gasteiger partial charge in [-0.15, -0.1) is 0 Å². The number of aryl methyl sites for hydroxylation is 7. The summed E-state index contributed by atoms with van der Waals surface area (Å²) in [4.78, 5) is 80.9. The molecule has 0 heterocycles. The number of carboxylic acids is 1. The first-order chi connectivity index (χ1) is 39.1. The van der Waals surface area contributed by atoms with Crippen LogP contribution < -0.4 is 38.1 Å².